The SMILES string of the molecule is O=C(Nc1nc2cccc(-c3ccc(CN4CCC(O)C4)cc3)n2n1)C1CC1. The molecule has 1 saturated heterocycles. The molecule has 1 atom stereocenters. The van der Waals surface area contributed by atoms with Gasteiger partial charge in [-0.15, -0.1) is 5.10 Å². The first-order valence-corrected chi connectivity index (χ1v) is 9.82. The molecule has 7 heteroatoms. The zero-order valence-electron chi connectivity index (χ0n) is 15.6. The van der Waals surface area contributed by atoms with Crippen LogP contribution in [0, 0.1) is 5.92 Å². The second-order valence-electron chi connectivity index (χ2n) is 7.75. The van der Waals surface area contributed by atoms with Gasteiger partial charge in [-0.05, 0) is 37.0 Å². The third-order valence-corrected chi connectivity index (χ3v) is 5.45. The van der Waals surface area contributed by atoms with Crippen LogP contribution in [0.2, 0.25) is 0 Å². The summed E-state index contributed by atoms with van der Waals surface area (Å²) in [5.41, 5.74) is 3.90. The number of amides is 1. The van der Waals surface area contributed by atoms with Crippen molar-refractivity contribution >= 4 is 17.5 Å². The van der Waals surface area contributed by atoms with E-state index >= 15 is 0 Å². The van der Waals surface area contributed by atoms with Crippen molar-refractivity contribution in [2.45, 2.75) is 31.9 Å². The Bertz CT molecular complexity index is 1010. The minimum atomic E-state index is -0.196. The van der Waals surface area contributed by atoms with Crippen LogP contribution in [0.15, 0.2) is 42.5 Å². The van der Waals surface area contributed by atoms with E-state index in [4.69, 9.17) is 0 Å². The maximum absolute atomic E-state index is 12.0. The van der Waals surface area contributed by atoms with Crippen LogP contribution in [0.1, 0.15) is 24.8 Å². The van der Waals surface area contributed by atoms with Gasteiger partial charge in [0.2, 0.25) is 11.9 Å². The van der Waals surface area contributed by atoms with Crippen molar-refractivity contribution in [1.82, 2.24) is 19.5 Å². The Morgan fingerprint density at radius 3 is 2.68 bits per heavy atom. The standard InChI is InChI=1S/C21H23N5O2/c27-17-10-11-25(13-17)12-14-4-6-15(7-5-14)18-2-1-3-19-22-21(24-26(18)19)23-20(28)16-8-9-16/h1-7,16-17,27H,8-13H2,(H,23,24,28). The summed E-state index contributed by atoms with van der Waals surface area (Å²) in [7, 11) is 0. The summed E-state index contributed by atoms with van der Waals surface area (Å²) in [6, 6.07) is 14.2. The van der Waals surface area contributed by atoms with Crippen LogP contribution in [-0.2, 0) is 11.3 Å². The minimum absolute atomic E-state index is 0.00819. The number of pyridine rings is 1. The van der Waals surface area contributed by atoms with Crippen LogP contribution >= 0.6 is 0 Å². The van der Waals surface area contributed by atoms with E-state index in [0.29, 0.717) is 11.6 Å². The highest BCUT2D eigenvalue weighted by Gasteiger charge is 2.30. The third kappa shape index (κ3) is 3.50. The van der Waals surface area contributed by atoms with Gasteiger partial charge in [0.25, 0.3) is 0 Å². The number of β-amino-alcohol motifs (C(OH)–C–C–N with tert-alkyl or cyclic N) is 1. The normalized spacial score (nSPS) is 20.0. The van der Waals surface area contributed by atoms with E-state index in [1.165, 1.54) is 5.56 Å². The fraction of sp³-hybridized carbons (Fsp3) is 0.381. The number of rotatable bonds is 5. The summed E-state index contributed by atoms with van der Waals surface area (Å²) in [6.07, 6.45) is 2.56. The van der Waals surface area contributed by atoms with Crippen LogP contribution < -0.4 is 5.32 Å². The van der Waals surface area contributed by atoms with Gasteiger partial charge >= 0.3 is 0 Å². The molecule has 2 fully saturated rings. The van der Waals surface area contributed by atoms with Gasteiger partial charge in [0.15, 0.2) is 5.65 Å². The van der Waals surface area contributed by atoms with Crippen molar-refractivity contribution in [2.24, 2.45) is 5.92 Å². The van der Waals surface area contributed by atoms with E-state index in [9.17, 15) is 9.90 Å². The molecule has 1 saturated carbocycles. The Morgan fingerprint density at radius 2 is 1.96 bits per heavy atom. The van der Waals surface area contributed by atoms with Gasteiger partial charge in [0.1, 0.15) is 0 Å². The lowest BCUT2D eigenvalue weighted by Gasteiger charge is -2.15. The number of hydrogen-bond acceptors (Lipinski definition) is 5. The Kier molecular flexibility index (Phi) is 4.33. The first kappa shape index (κ1) is 17.3. The number of aliphatic hydroxyl groups excluding tert-OH is 1. The van der Waals surface area contributed by atoms with Crippen molar-refractivity contribution in [1.29, 1.82) is 0 Å². The third-order valence-electron chi connectivity index (χ3n) is 5.45. The van der Waals surface area contributed by atoms with Crippen molar-refractivity contribution in [3.63, 3.8) is 0 Å². The number of nitrogens with zero attached hydrogens (tertiary/aromatic N) is 4. The molecule has 0 bridgehead atoms. The fourth-order valence-corrected chi connectivity index (χ4v) is 3.73. The second kappa shape index (κ2) is 7.00. The lowest BCUT2D eigenvalue weighted by atomic mass is 10.1. The van der Waals surface area contributed by atoms with E-state index in [1.807, 2.05) is 18.2 Å². The first-order chi connectivity index (χ1) is 13.7. The lowest BCUT2D eigenvalue weighted by Crippen LogP contribution is -2.21. The smallest absolute Gasteiger partial charge is 0.249 e. The minimum Gasteiger partial charge on any atom is -0.392 e. The predicted molar refractivity (Wildman–Crippen MR) is 106 cm³/mol. The van der Waals surface area contributed by atoms with Crippen LogP contribution in [0.3, 0.4) is 0 Å². The molecule has 1 amide bonds. The number of likely N-dealkylation sites (tertiary alicyclic amines) is 1. The molecule has 5 rings (SSSR count). The van der Waals surface area contributed by atoms with Crippen LogP contribution in [0.5, 0.6) is 0 Å². The summed E-state index contributed by atoms with van der Waals surface area (Å²) in [5, 5.41) is 17.0. The van der Waals surface area contributed by atoms with Gasteiger partial charge in [0.05, 0.1) is 11.8 Å². The monoisotopic (exact) mass is 377 g/mol. The molecule has 0 spiro atoms. The second-order valence-corrected chi connectivity index (χ2v) is 7.75. The summed E-state index contributed by atoms with van der Waals surface area (Å²) in [6.45, 7) is 2.54. The molecule has 28 heavy (non-hydrogen) atoms. The van der Waals surface area contributed by atoms with Crippen LogP contribution in [0.25, 0.3) is 16.9 Å². The number of fused-ring (bicyclic) bond motifs is 1. The molecule has 7 nitrogen and oxygen atoms in total. The molecule has 2 aliphatic rings. The quantitative estimate of drug-likeness (QED) is 0.713. The van der Waals surface area contributed by atoms with E-state index < -0.39 is 0 Å². The average Bonchev–Trinajstić information content (AvgIpc) is 3.35. The number of carbonyl (C=O) groups is 1. The topological polar surface area (TPSA) is 82.8 Å². The molecule has 1 aliphatic heterocycles. The van der Waals surface area contributed by atoms with Gasteiger partial charge in [-0.3, -0.25) is 15.0 Å². The summed E-state index contributed by atoms with van der Waals surface area (Å²) < 4.78 is 1.77. The molecule has 1 unspecified atom stereocenters. The van der Waals surface area contributed by atoms with Crippen LogP contribution in [0.4, 0.5) is 5.95 Å². The number of nitrogens with one attached hydrogen (secondary N) is 1. The molecular weight excluding hydrogens is 354 g/mol. The largest absolute Gasteiger partial charge is 0.392 e. The predicted octanol–water partition coefficient (Wildman–Crippen LogP) is 2.31. The molecule has 144 valence electrons. The summed E-state index contributed by atoms with van der Waals surface area (Å²) in [4.78, 5) is 18.7. The molecule has 0 radical (unpaired) electrons. The Balaban J connectivity index is 1.37. The highest BCUT2D eigenvalue weighted by Crippen LogP contribution is 2.30. The van der Waals surface area contributed by atoms with Crippen molar-refractivity contribution < 1.29 is 9.90 Å². The van der Waals surface area contributed by atoms with E-state index in [0.717, 1.165) is 50.2 Å². The number of carbonyl (C=O) groups excluding carboxylic acids is 1. The molecule has 3 heterocycles. The highest BCUT2D eigenvalue weighted by atomic mass is 16.3. The zero-order valence-corrected chi connectivity index (χ0v) is 15.6. The van der Waals surface area contributed by atoms with E-state index in [2.05, 4.69) is 44.6 Å². The Hall–Kier alpha value is -2.77. The molecule has 2 N–H and O–H groups in total. The van der Waals surface area contributed by atoms with E-state index in [-0.39, 0.29) is 17.9 Å². The van der Waals surface area contributed by atoms with Crippen molar-refractivity contribution in [3.8, 4) is 11.3 Å². The van der Waals surface area contributed by atoms with Gasteiger partial charge in [-0.1, -0.05) is 30.3 Å². The molecule has 3 aromatic rings. The molecular formula is C21H23N5O2. The first-order valence-electron chi connectivity index (χ1n) is 9.82. The van der Waals surface area contributed by atoms with Gasteiger partial charge in [-0.2, -0.15) is 4.98 Å². The number of benzene rings is 1. The summed E-state index contributed by atoms with van der Waals surface area (Å²) in [5.74, 6) is 0.484. The number of aliphatic hydroxyl groups is 1. The number of aromatic nitrogens is 3. The lowest BCUT2D eigenvalue weighted by molar-refractivity contribution is -0.117. The van der Waals surface area contributed by atoms with Gasteiger partial charge < -0.3 is 5.11 Å². The van der Waals surface area contributed by atoms with Crippen molar-refractivity contribution in [3.05, 3.63) is 48.0 Å². The van der Waals surface area contributed by atoms with Crippen molar-refractivity contribution in [2.75, 3.05) is 18.4 Å². The van der Waals surface area contributed by atoms with Gasteiger partial charge in [-0.25, -0.2) is 4.52 Å². The highest BCUT2D eigenvalue weighted by molar-refractivity contribution is 5.92. The number of anilines is 1. The van der Waals surface area contributed by atoms with Gasteiger partial charge in [0, 0.05) is 31.1 Å². The molecule has 1 aliphatic carbocycles. The zero-order chi connectivity index (χ0) is 19.1. The molecule has 1 aromatic carbocycles. The fourth-order valence-electron chi connectivity index (χ4n) is 3.73. The Morgan fingerprint density at radius 1 is 1.14 bits per heavy atom. The Labute approximate surface area is 163 Å². The van der Waals surface area contributed by atoms with E-state index in [1.54, 1.807) is 4.52 Å². The maximum atomic E-state index is 12.0. The summed E-state index contributed by atoms with van der Waals surface area (Å²) >= 11 is 0. The molecule has 2 aromatic heterocycles. The maximum Gasteiger partial charge on any atom is 0.249 e. The average molecular weight is 377 g/mol. The number of hydrogen-bond donors (Lipinski definition) is 2. The van der Waals surface area contributed by atoms with Crippen LogP contribution in [-0.4, -0.2) is 49.7 Å².